The fraction of sp³-hybridized carbons (Fsp3) is 0.926. The van der Waals surface area contributed by atoms with Crippen LogP contribution in [0.2, 0.25) is 34.8 Å². The van der Waals surface area contributed by atoms with Crippen LogP contribution in [0, 0.1) is 0 Å². The fourth-order valence-electron chi connectivity index (χ4n) is 5.45. The van der Waals surface area contributed by atoms with E-state index in [9.17, 15) is 5.11 Å². The number of hydrogen-bond acceptors (Lipinski definition) is 4. The van der Waals surface area contributed by atoms with Crippen LogP contribution in [0.3, 0.4) is 0 Å². The van der Waals surface area contributed by atoms with Crippen LogP contribution >= 0.6 is 0 Å². The summed E-state index contributed by atoms with van der Waals surface area (Å²) in [6.07, 6.45) is 5.65. The lowest BCUT2D eigenvalue weighted by Crippen LogP contribution is -2.52. The van der Waals surface area contributed by atoms with E-state index in [1.54, 1.807) is 6.08 Å². The van der Waals surface area contributed by atoms with E-state index in [0.717, 1.165) is 25.9 Å². The van der Waals surface area contributed by atoms with Gasteiger partial charge in [-0.2, -0.15) is 0 Å². The quantitative estimate of drug-likeness (QED) is 0.207. The third-order valence-electron chi connectivity index (χ3n) is 8.20. The molecule has 0 saturated carbocycles. The Hall–Kier alpha value is 0.0138. The Balaban J connectivity index is 2.99. The first-order valence-electron chi connectivity index (χ1n) is 13.3. The minimum absolute atomic E-state index is 0.0229. The lowest BCUT2D eigenvalue weighted by Gasteiger charge is -2.47. The molecule has 0 amide bonds. The van der Waals surface area contributed by atoms with Crippen molar-refractivity contribution in [3.8, 4) is 0 Å². The Labute approximate surface area is 208 Å². The molecule has 196 valence electrons. The van der Waals surface area contributed by atoms with Gasteiger partial charge in [-0.1, -0.05) is 68.4 Å². The van der Waals surface area contributed by atoms with Gasteiger partial charge in [0.1, 0.15) is 0 Å². The average Bonchev–Trinajstić information content (AvgIpc) is 2.64. The summed E-state index contributed by atoms with van der Waals surface area (Å²) in [7, 11) is -3.75. The summed E-state index contributed by atoms with van der Waals surface area (Å²) in [6, 6.07) is 0. The van der Waals surface area contributed by atoms with E-state index >= 15 is 0 Å². The van der Waals surface area contributed by atoms with Crippen molar-refractivity contribution in [1.29, 1.82) is 0 Å². The van der Waals surface area contributed by atoms with Crippen LogP contribution in [0.4, 0.5) is 0 Å². The maximum Gasteiger partial charge on any atom is 0.200 e. The van der Waals surface area contributed by atoms with Crippen LogP contribution in [0.1, 0.15) is 94.4 Å². The Morgan fingerprint density at radius 2 is 1.52 bits per heavy atom. The molecule has 4 nitrogen and oxygen atoms in total. The predicted molar refractivity (Wildman–Crippen MR) is 147 cm³/mol. The first kappa shape index (κ1) is 31.0. The summed E-state index contributed by atoms with van der Waals surface area (Å²) in [5.41, 5.74) is 1.68. The van der Waals surface area contributed by atoms with Crippen molar-refractivity contribution in [2.24, 2.45) is 0 Å². The molecule has 1 heterocycles. The molecule has 1 aliphatic rings. The van der Waals surface area contributed by atoms with E-state index < -0.39 is 22.7 Å². The molecule has 0 aliphatic carbocycles. The van der Waals surface area contributed by atoms with Gasteiger partial charge in [-0.15, -0.1) is 6.58 Å². The van der Waals surface area contributed by atoms with Crippen LogP contribution in [0.25, 0.3) is 0 Å². The van der Waals surface area contributed by atoms with Gasteiger partial charge in [-0.25, -0.2) is 0 Å². The molecule has 1 fully saturated rings. The van der Waals surface area contributed by atoms with E-state index in [2.05, 4.69) is 82.0 Å². The highest BCUT2D eigenvalue weighted by atomic mass is 28.4. The van der Waals surface area contributed by atoms with Crippen LogP contribution < -0.4 is 0 Å². The SMILES string of the molecule is C=CC[C@H](O)C[C@H]1C[C@H](O[Si](C(C)C)(C(C)C)C(C)C)C[C@H](CCO[Si](C)(C)C(C)(C)C)O1. The van der Waals surface area contributed by atoms with Gasteiger partial charge in [0.05, 0.1) is 24.4 Å². The number of ether oxygens (including phenoxy) is 1. The predicted octanol–water partition coefficient (Wildman–Crippen LogP) is 7.83. The molecule has 1 aliphatic heterocycles. The average molecular weight is 501 g/mol. The molecule has 6 heteroatoms. The number of aliphatic hydroxyl groups excluding tert-OH is 1. The summed E-state index contributed by atoms with van der Waals surface area (Å²) >= 11 is 0. The molecule has 0 aromatic carbocycles. The van der Waals surface area contributed by atoms with Gasteiger partial charge >= 0.3 is 0 Å². The molecule has 0 aromatic rings. The molecule has 0 bridgehead atoms. The van der Waals surface area contributed by atoms with Crippen LogP contribution in [-0.4, -0.2) is 52.8 Å². The first-order chi connectivity index (χ1) is 15.1. The van der Waals surface area contributed by atoms with E-state index in [4.69, 9.17) is 13.6 Å². The lowest BCUT2D eigenvalue weighted by molar-refractivity contribution is -0.110. The number of hydrogen-bond donors (Lipinski definition) is 1. The molecule has 33 heavy (non-hydrogen) atoms. The van der Waals surface area contributed by atoms with Gasteiger partial charge in [0.2, 0.25) is 8.32 Å². The summed E-state index contributed by atoms with van der Waals surface area (Å²) in [5, 5.41) is 10.6. The zero-order valence-corrected chi connectivity index (χ0v) is 25.7. The maximum atomic E-state index is 10.4. The van der Waals surface area contributed by atoms with Crippen molar-refractivity contribution < 1.29 is 18.7 Å². The lowest BCUT2D eigenvalue weighted by atomic mass is 9.95. The van der Waals surface area contributed by atoms with Gasteiger partial charge in [0, 0.05) is 6.61 Å². The second-order valence-electron chi connectivity index (χ2n) is 12.7. The zero-order chi connectivity index (χ0) is 25.6. The van der Waals surface area contributed by atoms with Crippen molar-refractivity contribution in [3.63, 3.8) is 0 Å². The molecule has 0 unspecified atom stereocenters. The minimum atomic E-state index is -1.97. The molecule has 0 radical (unpaired) electrons. The second kappa shape index (κ2) is 12.8. The molecule has 1 rings (SSSR count). The first-order valence-corrected chi connectivity index (χ1v) is 18.4. The highest BCUT2D eigenvalue weighted by Gasteiger charge is 2.48. The van der Waals surface area contributed by atoms with Crippen molar-refractivity contribution in [3.05, 3.63) is 12.7 Å². The molecule has 0 spiro atoms. The Bertz CT molecular complexity index is 561. The molecule has 1 N–H and O–H groups in total. The molecule has 1 saturated heterocycles. The fourth-order valence-corrected chi connectivity index (χ4v) is 12.1. The smallest absolute Gasteiger partial charge is 0.200 e. The standard InChI is InChI=1S/C27H56O4Si2/c1-13-14-23(28)17-25-19-26(31-33(20(2)3,21(4)5)22(6)7)18-24(30-25)15-16-29-32(11,12)27(8,9)10/h13,20-26,28H,1,14-19H2,2-12H3/t23-,24-,25-,26+/m0/s1. The number of rotatable bonds is 13. The van der Waals surface area contributed by atoms with Gasteiger partial charge in [0.15, 0.2) is 8.32 Å². The Morgan fingerprint density at radius 3 is 1.97 bits per heavy atom. The second-order valence-corrected chi connectivity index (χ2v) is 22.9. The summed E-state index contributed by atoms with van der Waals surface area (Å²) in [5.74, 6) is 0. The molecular weight excluding hydrogens is 444 g/mol. The Kier molecular flexibility index (Phi) is 12.1. The van der Waals surface area contributed by atoms with E-state index in [1.165, 1.54) is 0 Å². The van der Waals surface area contributed by atoms with Crippen LogP contribution in [0.5, 0.6) is 0 Å². The minimum Gasteiger partial charge on any atom is -0.417 e. The largest absolute Gasteiger partial charge is 0.417 e. The Morgan fingerprint density at radius 1 is 1.00 bits per heavy atom. The normalized spacial score (nSPS) is 24.0. The molecule has 4 atom stereocenters. The van der Waals surface area contributed by atoms with Gasteiger partial charge in [0.25, 0.3) is 0 Å². The van der Waals surface area contributed by atoms with Crippen molar-refractivity contribution in [1.82, 2.24) is 0 Å². The monoisotopic (exact) mass is 500 g/mol. The van der Waals surface area contributed by atoms with Crippen molar-refractivity contribution in [2.45, 2.75) is 154 Å². The van der Waals surface area contributed by atoms with Gasteiger partial charge < -0.3 is 18.7 Å². The molecular formula is C27H56O4Si2. The highest BCUT2D eigenvalue weighted by Crippen LogP contribution is 2.45. The third-order valence-corrected chi connectivity index (χ3v) is 18.9. The van der Waals surface area contributed by atoms with Crippen molar-refractivity contribution in [2.75, 3.05) is 6.61 Å². The van der Waals surface area contributed by atoms with E-state index in [-0.39, 0.29) is 23.4 Å². The highest BCUT2D eigenvalue weighted by molar-refractivity contribution is 6.77. The zero-order valence-electron chi connectivity index (χ0n) is 23.7. The molecule has 0 aromatic heterocycles. The van der Waals surface area contributed by atoms with Crippen molar-refractivity contribution >= 4 is 16.6 Å². The summed E-state index contributed by atoms with van der Waals surface area (Å²) in [4.78, 5) is 0. The van der Waals surface area contributed by atoms with Gasteiger partial charge in [-0.3, -0.25) is 0 Å². The summed E-state index contributed by atoms with van der Waals surface area (Å²) < 4.78 is 20.2. The van der Waals surface area contributed by atoms with Crippen LogP contribution in [0.15, 0.2) is 12.7 Å². The maximum absolute atomic E-state index is 10.4. The third kappa shape index (κ3) is 8.57. The number of aliphatic hydroxyl groups is 1. The topological polar surface area (TPSA) is 47.9 Å². The van der Waals surface area contributed by atoms with E-state index in [0.29, 0.717) is 29.5 Å². The van der Waals surface area contributed by atoms with E-state index in [1.807, 2.05) is 0 Å². The summed E-state index contributed by atoms with van der Waals surface area (Å²) in [6.45, 7) is 30.1. The van der Waals surface area contributed by atoms with Crippen LogP contribution in [-0.2, 0) is 13.6 Å². The van der Waals surface area contributed by atoms with Gasteiger partial charge in [-0.05, 0) is 66.9 Å².